The molecule has 2 rings (SSSR count). The van der Waals surface area contributed by atoms with Crippen LogP contribution < -0.4 is 5.59 Å². The normalized spacial score (nSPS) is 10.3. The first-order chi connectivity index (χ1) is 5.40. The average molecular weight is 151 g/mol. The third kappa shape index (κ3) is 0.887. The lowest BCUT2D eigenvalue weighted by Gasteiger charge is -2.02. The molecular weight excluding hydrogens is 146 g/mol. The molecule has 0 saturated carbocycles. The lowest BCUT2D eigenvalue weighted by molar-refractivity contribution is 0.315. The van der Waals surface area contributed by atoms with E-state index < -0.39 is 0 Å². The fourth-order valence-corrected chi connectivity index (χ4v) is 0.797. The number of nitrogens with one attached hydrogen (secondary N) is 1. The second-order valence-corrected chi connectivity index (χ2v) is 1.96. The second-order valence-electron chi connectivity index (χ2n) is 1.96. The van der Waals surface area contributed by atoms with Gasteiger partial charge in [-0.3, -0.25) is 5.21 Å². The monoisotopic (exact) mass is 151 g/mol. The van der Waals surface area contributed by atoms with Crippen LogP contribution in [0.1, 0.15) is 0 Å². The van der Waals surface area contributed by atoms with Crippen molar-refractivity contribution < 1.29 is 5.21 Å². The van der Waals surface area contributed by atoms with Crippen LogP contribution in [0.25, 0.3) is 11.5 Å². The standard InChI is InChI=1S/C5H5N5O/c11-9-10-1-4-5(8-3-10)7-2-6-4/h1-3,9,11H. The molecule has 0 saturated heterocycles. The van der Waals surface area contributed by atoms with E-state index in [4.69, 9.17) is 5.21 Å². The summed E-state index contributed by atoms with van der Waals surface area (Å²) < 4.78 is 1.27. The molecule has 0 aromatic rings. The minimum absolute atomic E-state index is 0.566. The number of nitrogens with zero attached hydrogens (tertiary/aromatic N) is 4. The van der Waals surface area contributed by atoms with Crippen molar-refractivity contribution in [3.05, 3.63) is 18.9 Å². The maximum atomic E-state index is 8.46. The van der Waals surface area contributed by atoms with Gasteiger partial charge in [-0.1, -0.05) is 0 Å². The van der Waals surface area contributed by atoms with Gasteiger partial charge in [0.2, 0.25) is 0 Å². The molecule has 0 amide bonds. The van der Waals surface area contributed by atoms with Crippen LogP contribution in [0.2, 0.25) is 0 Å². The van der Waals surface area contributed by atoms with Crippen LogP contribution in [0.5, 0.6) is 0 Å². The smallest absolute Gasteiger partial charge is 0.182 e. The second kappa shape index (κ2) is 2.17. The van der Waals surface area contributed by atoms with Crippen molar-refractivity contribution in [3.63, 3.8) is 0 Å². The van der Waals surface area contributed by atoms with Crippen LogP contribution in [0.15, 0.2) is 18.9 Å². The first kappa shape index (κ1) is 6.05. The van der Waals surface area contributed by atoms with Crippen molar-refractivity contribution in [2.24, 2.45) is 0 Å². The summed E-state index contributed by atoms with van der Waals surface area (Å²) in [7, 11) is 0. The van der Waals surface area contributed by atoms with E-state index in [1.54, 1.807) is 6.20 Å². The van der Waals surface area contributed by atoms with Crippen LogP contribution in [-0.2, 0) is 0 Å². The molecule has 0 aromatic carbocycles. The number of hydrogen-bond donors (Lipinski definition) is 2. The third-order valence-corrected chi connectivity index (χ3v) is 1.29. The van der Waals surface area contributed by atoms with E-state index in [9.17, 15) is 0 Å². The maximum absolute atomic E-state index is 8.46. The predicted molar refractivity (Wildman–Crippen MR) is 35.6 cm³/mol. The molecule has 2 N–H and O–H groups in total. The van der Waals surface area contributed by atoms with Crippen LogP contribution in [0.4, 0.5) is 0 Å². The molecule has 0 unspecified atom stereocenters. The molecular formula is C5H5N5O. The Morgan fingerprint density at radius 3 is 3.09 bits per heavy atom. The van der Waals surface area contributed by atoms with Crippen molar-refractivity contribution >= 4 is 0 Å². The van der Waals surface area contributed by atoms with E-state index in [1.165, 1.54) is 17.3 Å². The fourth-order valence-electron chi connectivity index (χ4n) is 0.797. The molecule has 2 heterocycles. The summed E-state index contributed by atoms with van der Waals surface area (Å²) in [5, 5.41) is 8.46. The van der Waals surface area contributed by atoms with Gasteiger partial charge in [-0.2, -0.15) is 0 Å². The lowest BCUT2D eigenvalue weighted by atomic mass is 10.4. The Kier molecular flexibility index (Phi) is 1.19. The average Bonchev–Trinajstić information content (AvgIpc) is 2.50. The fraction of sp³-hybridized carbons (Fsp3) is 0. The summed E-state index contributed by atoms with van der Waals surface area (Å²) in [4.78, 5) is 11.6. The largest absolute Gasteiger partial charge is 0.275 e. The molecule has 0 fully saturated rings. The van der Waals surface area contributed by atoms with Gasteiger partial charge in [-0.15, -0.1) is 0 Å². The van der Waals surface area contributed by atoms with Gasteiger partial charge in [0.15, 0.2) is 5.82 Å². The van der Waals surface area contributed by atoms with E-state index in [0.717, 1.165) is 0 Å². The van der Waals surface area contributed by atoms with Crippen molar-refractivity contribution in [1.29, 1.82) is 0 Å². The highest BCUT2D eigenvalue weighted by atomic mass is 16.5. The minimum Gasteiger partial charge on any atom is -0.275 e. The van der Waals surface area contributed by atoms with Gasteiger partial charge >= 0.3 is 0 Å². The topological polar surface area (TPSA) is 75.9 Å². The molecule has 2 aliphatic heterocycles. The quantitative estimate of drug-likeness (QED) is 0.548. The number of rotatable bonds is 1. The summed E-state index contributed by atoms with van der Waals surface area (Å²) in [6.45, 7) is 0. The van der Waals surface area contributed by atoms with Crippen molar-refractivity contribution in [3.8, 4) is 11.5 Å². The van der Waals surface area contributed by atoms with Gasteiger partial charge < -0.3 is 0 Å². The van der Waals surface area contributed by atoms with Crippen LogP contribution in [0, 0.1) is 0 Å². The molecule has 6 nitrogen and oxygen atoms in total. The maximum Gasteiger partial charge on any atom is 0.182 e. The lowest BCUT2D eigenvalue weighted by Crippen LogP contribution is -2.10. The first-order valence-corrected chi connectivity index (χ1v) is 2.95. The minimum atomic E-state index is 0.566. The van der Waals surface area contributed by atoms with E-state index >= 15 is 0 Å². The summed E-state index contributed by atoms with van der Waals surface area (Å²) in [6, 6.07) is 0. The molecule has 2 aliphatic rings. The van der Waals surface area contributed by atoms with Gasteiger partial charge in [0, 0.05) is 0 Å². The zero-order chi connectivity index (χ0) is 7.68. The predicted octanol–water partition coefficient (Wildman–Crippen LogP) is -0.289. The summed E-state index contributed by atoms with van der Waals surface area (Å²) >= 11 is 0. The van der Waals surface area contributed by atoms with Crippen LogP contribution >= 0.6 is 0 Å². The number of hydrogen-bond acceptors (Lipinski definition) is 5. The molecule has 0 spiro atoms. The number of imidazole rings is 1. The molecule has 0 atom stereocenters. The molecule has 0 radical (unpaired) electrons. The zero-order valence-corrected chi connectivity index (χ0v) is 5.47. The van der Waals surface area contributed by atoms with E-state index in [0.29, 0.717) is 11.5 Å². The molecule has 11 heavy (non-hydrogen) atoms. The van der Waals surface area contributed by atoms with Gasteiger partial charge in [-0.05, 0) is 0 Å². The van der Waals surface area contributed by atoms with E-state index in [-0.39, 0.29) is 0 Å². The Balaban J connectivity index is 2.59. The molecule has 0 aromatic heterocycles. The highest BCUT2D eigenvalue weighted by Gasteiger charge is 2.05. The summed E-state index contributed by atoms with van der Waals surface area (Å²) in [5.74, 6) is 0.566. The molecule has 56 valence electrons. The van der Waals surface area contributed by atoms with Crippen molar-refractivity contribution in [1.82, 2.24) is 19.6 Å². The SMILES string of the molecule is ONn1cnc2ncnc-2c1. The number of aromatic nitrogens is 4. The summed E-state index contributed by atoms with van der Waals surface area (Å²) in [5.41, 5.74) is 2.53. The highest BCUT2D eigenvalue weighted by Crippen LogP contribution is 2.09. The van der Waals surface area contributed by atoms with Gasteiger partial charge in [0.1, 0.15) is 18.3 Å². The Morgan fingerprint density at radius 1 is 1.36 bits per heavy atom. The van der Waals surface area contributed by atoms with Gasteiger partial charge in [0.25, 0.3) is 0 Å². The highest BCUT2D eigenvalue weighted by molar-refractivity contribution is 5.47. The molecule has 6 heteroatoms. The number of fused-ring (bicyclic) bond motifs is 1. The Morgan fingerprint density at radius 2 is 2.27 bits per heavy atom. The molecule has 0 bridgehead atoms. The van der Waals surface area contributed by atoms with Gasteiger partial charge in [0.05, 0.1) is 6.20 Å². The third-order valence-electron chi connectivity index (χ3n) is 1.29. The summed E-state index contributed by atoms with van der Waals surface area (Å²) in [6.07, 6.45) is 4.39. The van der Waals surface area contributed by atoms with Crippen molar-refractivity contribution in [2.45, 2.75) is 0 Å². The van der Waals surface area contributed by atoms with E-state index in [2.05, 4.69) is 15.0 Å². The Hall–Kier alpha value is -1.69. The Bertz CT molecular complexity index is 332. The van der Waals surface area contributed by atoms with Crippen LogP contribution in [0.3, 0.4) is 0 Å². The Labute approximate surface area is 61.8 Å². The van der Waals surface area contributed by atoms with Crippen molar-refractivity contribution in [2.75, 3.05) is 5.59 Å². The van der Waals surface area contributed by atoms with E-state index in [1.807, 2.05) is 5.59 Å². The molecule has 0 aliphatic carbocycles. The first-order valence-electron chi connectivity index (χ1n) is 2.95. The van der Waals surface area contributed by atoms with Crippen LogP contribution in [-0.4, -0.2) is 24.8 Å². The van der Waals surface area contributed by atoms with Gasteiger partial charge in [-0.25, -0.2) is 25.2 Å². The zero-order valence-electron chi connectivity index (χ0n) is 5.47.